The zero-order valence-electron chi connectivity index (χ0n) is 14.9. The Bertz CT molecular complexity index is 896. The topological polar surface area (TPSA) is 61.8 Å². The van der Waals surface area contributed by atoms with Crippen LogP contribution in [0.3, 0.4) is 0 Å². The van der Waals surface area contributed by atoms with E-state index in [1.165, 1.54) is 19.2 Å². The summed E-state index contributed by atoms with van der Waals surface area (Å²) in [7, 11) is 1.23. The van der Waals surface area contributed by atoms with Crippen LogP contribution in [-0.4, -0.2) is 32.1 Å². The number of benzene rings is 2. The Labute approximate surface area is 164 Å². The number of aryl methyl sites for hydroxylation is 1. The maximum atomic E-state index is 13.9. The Morgan fingerprint density at radius 3 is 2.85 bits per heavy atom. The molecular weight excluding hydrogens is 419 g/mol. The summed E-state index contributed by atoms with van der Waals surface area (Å²) in [6, 6.07) is 8.05. The minimum atomic E-state index is -0.604. The molecule has 0 saturated heterocycles. The molecule has 0 fully saturated rings. The Kier molecular flexibility index (Phi) is 5.79. The fourth-order valence-corrected chi connectivity index (χ4v) is 3.64. The van der Waals surface area contributed by atoms with E-state index < -0.39 is 11.8 Å². The van der Waals surface area contributed by atoms with Crippen molar-refractivity contribution in [1.29, 1.82) is 0 Å². The van der Waals surface area contributed by atoms with Gasteiger partial charge in [0.1, 0.15) is 5.75 Å². The molecule has 3 rings (SSSR count). The molecule has 0 radical (unpaired) electrons. The molecule has 0 amide bonds. The zero-order valence-corrected chi connectivity index (χ0v) is 16.5. The van der Waals surface area contributed by atoms with E-state index in [2.05, 4.69) is 20.7 Å². The number of halogens is 2. The fraction of sp³-hybridized carbons (Fsp3) is 0.300. The molecule has 0 saturated carbocycles. The summed E-state index contributed by atoms with van der Waals surface area (Å²) in [6.07, 6.45) is 0.374. The van der Waals surface area contributed by atoms with Crippen molar-refractivity contribution in [2.75, 3.05) is 20.3 Å². The summed E-state index contributed by atoms with van der Waals surface area (Å²) >= 11 is 3.43. The molecule has 0 unspecified atom stereocenters. The smallest absolute Gasteiger partial charge is 0.343 e. The highest BCUT2D eigenvalue weighted by atomic mass is 79.9. The summed E-state index contributed by atoms with van der Waals surface area (Å²) in [5, 5.41) is 0. The van der Waals surface area contributed by atoms with E-state index in [-0.39, 0.29) is 30.7 Å². The van der Waals surface area contributed by atoms with Gasteiger partial charge in [-0.1, -0.05) is 6.07 Å². The van der Waals surface area contributed by atoms with E-state index >= 15 is 0 Å². The number of esters is 1. The Hall–Kier alpha value is -2.41. The SMILES string of the molecule is COC(=O)COc1cc(C[C@H]2COc3c(Br)cc(C)cc3C2=O)ccc1F. The van der Waals surface area contributed by atoms with Crippen molar-refractivity contribution in [2.45, 2.75) is 13.3 Å². The Balaban J connectivity index is 1.77. The van der Waals surface area contributed by atoms with Gasteiger partial charge in [-0.3, -0.25) is 4.79 Å². The van der Waals surface area contributed by atoms with Gasteiger partial charge in [-0.05, 0) is 64.7 Å². The van der Waals surface area contributed by atoms with Crippen molar-refractivity contribution in [2.24, 2.45) is 5.92 Å². The maximum Gasteiger partial charge on any atom is 0.343 e. The third-order valence-corrected chi connectivity index (χ3v) is 4.89. The Morgan fingerprint density at radius 2 is 2.11 bits per heavy atom. The van der Waals surface area contributed by atoms with Gasteiger partial charge in [0, 0.05) is 0 Å². The van der Waals surface area contributed by atoms with Crippen LogP contribution >= 0.6 is 15.9 Å². The predicted octanol–water partition coefficient (Wildman–Crippen LogP) is 3.88. The molecule has 0 aromatic heterocycles. The molecule has 5 nitrogen and oxygen atoms in total. The van der Waals surface area contributed by atoms with E-state index in [1.807, 2.05) is 19.1 Å². The van der Waals surface area contributed by atoms with Crippen molar-refractivity contribution >= 4 is 27.7 Å². The lowest BCUT2D eigenvalue weighted by Crippen LogP contribution is -2.29. The monoisotopic (exact) mass is 436 g/mol. The third kappa shape index (κ3) is 4.30. The van der Waals surface area contributed by atoms with Crippen LogP contribution in [0.1, 0.15) is 21.5 Å². The number of rotatable bonds is 5. The minimum Gasteiger partial charge on any atom is -0.491 e. The molecule has 27 heavy (non-hydrogen) atoms. The Morgan fingerprint density at radius 1 is 1.33 bits per heavy atom. The van der Waals surface area contributed by atoms with Gasteiger partial charge >= 0.3 is 5.97 Å². The van der Waals surface area contributed by atoms with Crippen molar-refractivity contribution in [1.82, 2.24) is 0 Å². The highest BCUT2D eigenvalue weighted by Gasteiger charge is 2.30. The number of ketones is 1. The van der Waals surface area contributed by atoms with Crippen LogP contribution in [0.15, 0.2) is 34.8 Å². The molecule has 1 aliphatic rings. The minimum absolute atomic E-state index is 0.0120. The van der Waals surface area contributed by atoms with E-state index in [1.54, 1.807) is 6.07 Å². The normalized spacial score (nSPS) is 15.7. The van der Waals surface area contributed by atoms with Crippen LogP contribution < -0.4 is 9.47 Å². The molecule has 2 aromatic carbocycles. The summed E-state index contributed by atoms with van der Waals surface area (Å²) in [6.45, 7) is 1.76. The van der Waals surface area contributed by atoms with Crippen LogP contribution in [0.25, 0.3) is 0 Å². The largest absolute Gasteiger partial charge is 0.491 e. The van der Waals surface area contributed by atoms with Crippen LogP contribution in [-0.2, 0) is 16.0 Å². The maximum absolute atomic E-state index is 13.9. The number of hydrogen-bond acceptors (Lipinski definition) is 5. The first-order chi connectivity index (χ1) is 12.9. The zero-order chi connectivity index (χ0) is 19.6. The van der Waals surface area contributed by atoms with Gasteiger partial charge in [0.05, 0.1) is 29.7 Å². The van der Waals surface area contributed by atoms with Crippen LogP contribution in [0.4, 0.5) is 4.39 Å². The number of Topliss-reactive ketones (excluding diaryl/α,β-unsaturated/α-hetero) is 1. The molecular formula is C20H18BrFO5. The van der Waals surface area contributed by atoms with Crippen molar-refractivity contribution in [3.63, 3.8) is 0 Å². The van der Waals surface area contributed by atoms with Crippen LogP contribution in [0.5, 0.6) is 11.5 Å². The molecule has 7 heteroatoms. The van der Waals surface area contributed by atoms with E-state index in [0.717, 1.165) is 10.0 Å². The summed E-state index contributed by atoms with van der Waals surface area (Å²) in [5.74, 6) is -1.08. The molecule has 0 spiro atoms. The third-order valence-electron chi connectivity index (χ3n) is 4.30. The molecule has 1 atom stereocenters. The quantitative estimate of drug-likeness (QED) is 0.665. The number of methoxy groups -OCH3 is 1. The summed E-state index contributed by atoms with van der Waals surface area (Å²) < 4.78 is 30.1. The van der Waals surface area contributed by atoms with Gasteiger partial charge in [-0.15, -0.1) is 0 Å². The first-order valence-electron chi connectivity index (χ1n) is 8.34. The lowest BCUT2D eigenvalue weighted by molar-refractivity contribution is -0.142. The van der Waals surface area contributed by atoms with E-state index in [0.29, 0.717) is 23.3 Å². The van der Waals surface area contributed by atoms with Crippen molar-refractivity contribution < 1.29 is 28.2 Å². The molecule has 0 N–H and O–H groups in total. The van der Waals surface area contributed by atoms with Gasteiger partial charge in [0.25, 0.3) is 0 Å². The number of fused-ring (bicyclic) bond motifs is 1. The lowest BCUT2D eigenvalue weighted by atomic mass is 9.89. The number of ether oxygens (including phenoxy) is 3. The second kappa shape index (κ2) is 8.08. The standard InChI is InChI=1S/C20H18BrFO5/c1-11-5-14-19(24)13(9-27-20(14)15(21)6-11)7-12-3-4-16(22)17(8-12)26-10-18(23)25-2/h3-6,8,13H,7,9-10H2,1-2H3/t13-/m0/s1. The molecule has 0 bridgehead atoms. The van der Waals surface area contributed by atoms with Gasteiger partial charge in [-0.25, -0.2) is 9.18 Å². The van der Waals surface area contributed by atoms with Gasteiger partial charge in [-0.2, -0.15) is 0 Å². The second-order valence-corrected chi connectivity index (χ2v) is 7.18. The fourth-order valence-electron chi connectivity index (χ4n) is 2.96. The molecule has 1 heterocycles. The predicted molar refractivity (Wildman–Crippen MR) is 99.8 cm³/mol. The highest BCUT2D eigenvalue weighted by molar-refractivity contribution is 9.10. The summed E-state index contributed by atoms with van der Waals surface area (Å²) in [5.41, 5.74) is 2.22. The summed E-state index contributed by atoms with van der Waals surface area (Å²) in [4.78, 5) is 24.0. The van der Waals surface area contributed by atoms with Crippen LogP contribution in [0.2, 0.25) is 0 Å². The molecule has 1 aliphatic heterocycles. The molecule has 0 aliphatic carbocycles. The van der Waals surface area contributed by atoms with Gasteiger partial charge in [0.2, 0.25) is 0 Å². The molecule has 142 valence electrons. The van der Waals surface area contributed by atoms with Crippen LogP contribution in [0, 0.1) is 18.7 Å². The average Bonchev–Trinajstić information content (AvgIpc) is 2.64. The lowest BCUT2D eigenvalue weighted by Gasteiger charge is -2.25. The number of carbonyl (C=O) groups is 2. The van der Waals surface area contributed by atoms with E-state index in [4.69, 9.17) is 9.47 Å². The number of hydrogen-bond donors (Lipinski definition) is 0. The van der Waals surface area contributed by atoms with Crippen molar-refractivity contribution in [3.05, 3.63) is 57.3 Å². The first kappa shape index (κ1) is 19.4. The average molecular weight is 437 g/mol. The van der Waals surface area contributed by atoms with Gasteiger partial charge < -0.3 is 14.2 Å². The second-order valence-electron chi connectivity index (χ2n) is 6.33. The molecule has 2 aromatic rings. The number of carbonyl (C=O) groups excluding carboxylic acids is 2. The van der Waals surface area contributed by atoms with E-state index in [9.17, 15) is 14.0 Å². The highest BCUT2D eigenvalue weighted by Crippen LogP contribution is 2.36. The first-order valence-corrected chi connectivity index (χ1v) is 9.13. The van der Waals surface area contributed by atoms with Crippen molar-refractivity contribution in [3.8, 4) is 11.5 Å². The van der Waals surface area contributed by atoms with Gasteiger partial charge in [0.15, 0.2) is 24.0 Å².